The number of benzene rings is 1. The van der Waals surface area contributed by atoms with Crippen LogP contribution in [0.25, 0.3) is 0 Å². The third-order valence-electron chi connectivity index (χ3n) is 2.40. The van der Waals surface area contributed by atoms with Crippen LogP contribution in [0.2, 0.25) is 5.02 Å². The van der Waals surface area contributed by atoms with E-state index >= 15 is 0 Å². The molecule has 0 spiro atoms. The molecule has 0 bridgehead atoms. The van der Waals surface area contributed by atoms with E-state index in [1.807, 2.05) is 12.1 Å². The minimum atomic E-state index is 0.468. The van der Waals surface area contributed by atoms with Crippen LogP contribution in [0.5, 0.6) is 0 Å². The zero-order valence-corrected chi connectivity index (χ0v) is 9.43. The predicted molar refractivity (Wildman–Crippen MR) is 63.9 cm³/mol. The van der Waals surface area contributed by atoms with Crippen LogP contribution in [0, 0.1) is 0 Å². The van der Waals surface area contributed by atoms with E-state index < -0.39 is 0 Å². The normalized spacial score (nSPS) is 10.6. The summed E-state index contributed by atoms with van der Waals surface area (Å²) < 4.78 is 0. The maximum Gasteiger partial charge on any atom is 0.0739 e. The van der Waals surface area contributed by atoms with Gasteiger partial charge in [0.25, 0.3) is 0 Å². The summed E-state index contributed by atoms with van der Waals surface area (Å²) in [4.78, 5) is 0. The lowest BCUT2D eigenvalue weighted by molar-refractivity contribution is 0.672. The maximum atomic E-state index is 5.92. The van der Waals surface area contributed by atoms with Gasteiger partial charge >= 0.3 is 0 Å². The highest BCUT2D eigenvalue weighted by molar-refractivity contribution is 6.33. The molecule has 0 aromatic heterocycles. The molecule has 0 aliphatic heterocycles. The molecule has 78 valence electrons. The highest BCUT2D eigenvalue weighted by Gasteiger charge is 2.06. The SMILES string of the molecule is CCC(CC)Nc1cccc(Cl)c1N. The molecular formula is C11H17ClN2. The van der Waals surface area contributed by atoms with Gasteiger partial charge in [0.1, 0.15) is 0 Å². The lowest BCUT2D eigenvalue weighted by atomic mass is 10.1. The number of hydrogen-bond acceptors (Lipinski definition) is 2. The van der Waals surface area contributed by atoms with Crippen LogP contribution in [-0.4, -0.2) is 6.04 Å². The lowest BCUT2D eigenvalue weighted by Crippen LogP contribution is -2.17. The first-order chi connectivity index (χ1) is 6.69. The lowest BCUT2D eigenvalue weighted by Gasteiger charge is -2.18. The van der Waals surface area contributed by atoms with Crippen LogP contribution in [0.1, 0.15) is 26.7 Å². The number of nitrogen functional groups attached to an aromatic ring is 1. The molecule has 3 N–H and O–H groups in total. The summed E-state index contributed by atoms with van der Waals surface area (Å²) in [5, 5.41) is 3.99. The number of rotatable bonds is 4. The van der Waals surface area contributed by atoms with Gasteiger partial charge in [-0.2, -0.15) is 0 Å². The summed E-state index contributed by atoms with van der Waals surface area (Å²) in [5.41, 5.74) is 7.42. The van der Waals surface area contributed by atoms with E-state index in [1.165, 1.54) is 0 Å². The van der Waals surface area contributed by atoms with Gasteiger partial charge in [-0.25, -0.2) is 0 Å². The molecule has 1 aromatic rings. The zero-order valence-electron chi connectivity index (χ0n) is 8.68. The number of anilines is 2. The third-order valence-corrected chi connectivity index (χ3v) is 2.73. The van der Waals surface area contributed by atoms with Crippen molar-refractivity contribution in [2.45, 2.75) is 32.7 Å². The third kappa shape index (κ3) is 2.55. The van der Waals surface area contributed by atoms with Gasteiger partial charge in [-0.3, -0.25) is 0 Å². The average Bonchev–Trinajstić information content (AvgIpc) is 2.20. The molecule has 0 aliphatic rings. The van der Waals surface area contributed by atoms with Gasteiger partial charge in [0.2, 0.25) is 0 Å². The van der Waals surface area contributed by atoms with Gasteiger partial charge < -0.3 is 11.1 Å². The fourth-order valence-electron chi connectivity index (χ4n) is 1.38. The Morgan fingerprint density at radius 2 is 2.00 bits per heavy atom. The molecule has 0 unspecified atom stereocenters. The Balaban J connectivity index is 2.80. The van der Waals surface area contributed by atoms with E-state index in [-0.39, 0.29) is 0 Å². The van der Waals surface area contributed by atoms with Crippen molar-refractivity contribution in [3.63, 3.8) is 0 Å². The summed E-state index contributed by atoms with van der Waals surface area (Å²) in [6.07, 6.45) is 2.17. The molecule has 14 heavy (non-hydrogen) atoms. The van der Waals surface area contributed by atoms with Gasteiger partial charge in [0.15, 0.2) is 0 Å². The second-order valence-corrected chi connectivity index (χ2v) is 3.77. The molecule has 1 aromatic carbocycles. The monoisotopic (exact) mass is 212 g/mol. The summed E-state index contributed by atoms with van der Waals surface area (Å²) >= 11 is 5.92. The molecule has 3 heteroatoms. The zero-order chi connectivity index (χ0) is 10.6. The smallest absolute Gasteiger partial charge is 0.0739 e. The van der Waals surface area contributed by atoms with Crippen molar-refractivity contribution in [3.05, 3.63) is 23.2 Å². The van der Waals surface area contributed by atoms with E-state index in [9.17, 15) is 0 Å². The van der Waals surface area contributed by atoms with Gasteiger partial charge in [-0.1, -0.05) is 31.5 Å². The molecule has 0 heterocycles. The fourth-order valence-corrected chi connectivity index (χ4v) is 1.55. The first-order valence-electron chi connectivity index (χ1n) is 4.99. The van der Waals surface area contributed by atoms with Crippen molar-refractivity contribution in [1.29, 1.82) is 0 Å². The first-order valence-corrected chi connectivity index (χ1v) is 5.37. The van der Waals surface area contributed by atoms with Crippen molar-refractivity contribution in [1.82, 2.24) is 0 Å². The summed E-state index contributed by atoms with van der Waals surface area (Å²) in [5.74, 6) is 0. The van der Waals surface area contributed by atoms with E-state index in [2.05, 4.69) is 19.2 Å². The van der Waals surface area contributed by atoms with Crippen molar-refractivity contribution < 1.29 is 0 Å². The number of nitrogens with two attached hydrogens (primary N) is 1. The molecule has 2 nitrogen and oxygen atoms in total. The number of hydrogen-bond donors (Lipinski definition) is 2. The van der Waals surface area contributed by atoms with Gasteiger partial charge in [0.05, 0.1) is 16.4 Å². The van der Waals surface area contributed by atoms with E-state index in [0.29, 0.717) is 16.8 Å². The van der Waals surface area contributed by atoms with E-state index in [1.54, 1.807) is 6.07 Å². The van der Waals surface area contributed by atoms with Crippen molar-refractivity contribution >= 4 is 23.0 Å². The van der Waals surface area contributed by atoms with E-state index in [0.717, 1.165) is 18.5 Å². The maximum absolute atomic E-state index is 5.92. The predicted octanol–water partition coefficient (Wildman–Crippen LogP) is 3.52. The Morgan fingerprint density at radius 1 is 1.36 bits per heavy atom. The first kappa shape index (κ1) is 11.2. The quantitative estimate of drug-likeness (QED) is 0.750. The number of halogens is 1. The van der Waals surface area contributed by atoms with Crippen LogP contribution in [0.15, 0.2) is 18.2 Å². The standard InChI is InChI=1S/C11H17ClN2/c1-3-8(4-2)14-10-7-5-6-9(12)11(10)13/h5-8,14H,3-4,13H2,1-2H3. The van der Waals surface area contributed by atoms with Crippen molar-refractivity contribution in [3.8, 4) is 0 Å². The summed E-state index contributed by atoms with van der Waals surface area (Å²) in [7, 11) is 0. The molecule has 1 rings (SSSR count). The Kier molecular flexibility index (Phi) is 4.08. The Hall–Kier alpha value is -0.890. The molecule has 0 radical (unpaired) electrons. The van der Waals surface area contributed by atoms with Crippen molar-refractivity contribution in [2.75, 3.05) is 11.1 Å². The molecule has 0 saturated heterocycles. The molecular weight excluding hydrogens is 196 g/mol. The average molecular weight is 213 g/mol. The minimum Gasteiger partial charge on any atom is -0.396 e. The highest BCUT2D eigenvalue weighted by atomic mass is 35.5. The topological polar surface area (TPSA) is 38.0 Å². The van der Waals surface area contributed by atoms with Crippen LogP contribution in [0.3, 0.4) is 0 Å². The highest BCUT2D eigenvalue weighted by Crippen LogP contribution is 2.27. The van der Waals surface area contributed by atoms with Crippen LogP contribution < -0.4 is 11.1 Å². The van der Waals surface area contributed by atoms with Gasteiger partial charge in [0, 0.05) is 6.04 Å². The molecule has 0 amide bonds. The number of nitrogens with one attached hydrogen (secondary N) is 1. The van der Waals surface area contributed by atoms with Crippen LogP contribution >= 0.6 is 11.6 Å². The summed E-state index contributed by atoms with van der Waals surface area (Å²) in [6, 6.07) is 6.13. The Morgan fingerprint density at radius 3 is 2.57 bits per heavy atom. The minimum absolute atomic E-state index is 0.468. The Labute approximate surface area is 90.4 Å². The van der Waals surface area contributed by atoms with Crippen molar-refractivity contribution in [2.24, 2.45) is 0 Å². The second-order valence-electron chi connectivity index (χ2n) is 3.36. The molecule has 0 atom stereocenters. The number of para-hydroxylation sites is 1. The van der Waals surface area contributed by atoms with Gasteiger partial charge in [-0.05, 0) is 25.0 Å². The fraction of sp³-hybridized carbons (Fsp3) is 0.455. The Bertz CT molecular complexity index is 295. The molecule has 0 fully saturated rings. The van der Waals surface area contributed by atoms with Crippen LogP contribution in [0.4, 0.5) is 11.4 Å². The molecule has 0 saturated carbocycles. The summed E-state index contributed by atoms with van der Waals surface area (Å²) in [6.45, 7) is 4.31. The van der Waals surface area contributed by atoms with Gasteiger partial charge in [-0.15, -0.1) is 0 Å². The second kappa shape index (κ2) is 5.11. The molecule has 0 aliphatic carbocycles. The largest absolute Gasteiger partial charge is 0.396 e. The van der Waals surface area contributed by atoms with E-state index in [4.69, 9.17) is 17.3 Å². The van der Waals surface area contributed by atoms with Crippen LogP contribution in [-0.2, 0) is 0 Å².